The molecule has 0 bridgehead atoms. The highest BCUT2D eigenvalue weighted by Crippen LogP contribution is 2.14. The van der Waals surface area contributed by atoms with Crippen LogP contribution in [0.3, 0.4) is 0 Å². The molecule has 0 aromatic heterocycles. The van der Waals surface area contributed by atoms with E-state index in [-0.39, 0.29) is 11.8 Å². The molecular weight excluding hydrogens is 194 g/mol. The third kappa shape index (κ3) is 1.76. The second-order valence-electron chi connectivity index (χ2n) is 2.46. The molecular formula is C9H6F2O3. The fourth-order valence-electron chi connectivity index (χ4n) is 0.933. The van der Waals surface area contributed by atoms with E-state index >= 15 is 0 Å². The van der Waals surface area contributed by atoms with Crippen LogP contribution in [-0.4, -0.2) is 19.4 Å². The number of hydrogen-bond donors (Lipinski definition) is 0. The highest BCUT2D eigenvalue weighted by atomic mass is 19.1. The van der Waals surface area contributed by atoms with E-state index in [0.717, 1.165) is 19.2 Å². The summed E-state index contributed by atoms with van der Waals surface area (Å²) in [6, 6.07) is 1.50. The predicted molar refractivity (Wildman–Crippen MR) is 43.1 cm³/mol. The summed E-state index contributed by atoms with van der Waals surface area (Å²) in [5.41, 5.74) is -0.967. The van der Waals surface area contributed by atoms with Crippen LogP contribution in [0.15, 0.2) is 12.1 Å². The van der Waals surface area contributed by atoms with Gasteiger partial charge >= 0.3 is 5.97 Å². The van der Waals surface area contributed by atoms with Crippen molar-refractivity contribution in [1.82, 2.24) is 0 Å². The van der Waals surface area contributed by atoms with E-state index in [4.69, 9.17) is 0 Å². The lowest BCUT2D eigenvalue weighted by Crippen LogP contribution is -2.05. The Morgan fingerprint density at radius 2 is 1.86 bits per heavy atom. The molecule has 3 nitrogen and oxygen atoms in total. The lowest BCUT2D eigenvalue weighted by Gasteiger charge is -2.01. The van der Waals surface area contributed by atoms with Gasteiger partial charge in [0.25, 0.3) is 0 Å². The lowest BCUT2D eigenvalue weighted by atomic mass is 10.1. The highest BCUT2D eigenvalue weighted by Gasteiger charge is 2.14. The van der Waals surface area contributed by atoms with Crippen molar-refractivity contribution in [3.8, 4) is 0 Å². The molecule has 1 rings (SSSR count). The number of carbonyl (C=O) groups is 2. The van der Waals surface area contributed by atoms with Gasteiger partial charge in [-0.3, -0.25) is 4.79 Å². The van der Waals surface area contributed by atoms with Crippen LogP contribution in [0.4, 0.5) is 8.78 Å². The van der Waals surface area contributed by atoms with Crippen molar-refractivity contribution in [2.24, 2.45) is 0 Å². The van der Waals surface area contributed by atoms with E-state index in [1.54, 1.807) is 0 Å². The maximum absolute atomic E-state index is 12.9. The van der Waals surface area contributed by atoms with Gasteiger partial charge in [-0.05, 0) is 12.1 Å². The molecule has 0 aliphatic rings. The molecule has 0 heterocycles. The summed E-state index contributed by atoms with van der Waals surface area (Å²) in [7, 11) is 1.09. The molecule has 1 aromatic carbocycles. The van der Waals surface area contributed by atoms with Crippen molar-refractivity contribution in [3.05, 3.63) is 34.9 Å². The molecule has 0 aliphatic carbocycles. The minimum absolute atomic E-state index is 0.0473. The number of benzene rings is 1. The van der Waals surface area contributed by atoms with Crippen LogP contribution in [0.5, 0.6) is 0 Å². The minimum Gasteiger partial charge on any atom is -0.465 e. The van der Waals surface area contributed by atoms with Gasteiger partial charge in [0.05, 0.1) is 18.2 Å². The number of halogens is 2. The lowest BCUT2D eigenvalue weighted by molar-refractivity contribution is 0.0599. The van der Waals surface area contributed by atoms with Crippen LogP contribution < -0.4 is 0 Å². The molecule has 0 unspecified atom stereocenters. The van der Waals surface area contributed by atoms with E-state index in [1.165, 1.54) is 0 Å². The second kappa shape index (κ2) is 3.95. The van der Waals surface area contributed by atoms with Crippen LogP contribution >= 0.6 is 0 Å². The van der Waals surface area contributed by atoms with Gasteiger partial charge < -0.3 is 4.74 Å². The topological polar surface area (TPSA) is 43.4 Å². The Balaban J connectivity index is 3.27. The van der Waals surface area contributed by atoms with Crippen molar-refractivity contribution in [1.29, 1.82) is 0 Å². The van der Waals surface area contributed by atoms with Gasteiger partial charge in [-0.1, -0.05) is 0 Å². The number of ether oxygens (including phenoxy) is 1. The van der Waals surface area contributed by atoms with Crippen molar-refractivity contribution >= 4 is 12.3 Å². The second-order valence-corrected chi connectivity index (χ2v) is 2.46. The first kappa shape index (κ1) is 10.3. The van der Waals surface area contributed by atoms with E-state index in [9.17, 15) is 18.4 Å². The maximum atomic E-state index is 12.9. The smallest absolute Gasteiger partial charge is 0.338 e. The van der Waals surface area contributed by atoms with Gasteiger partial charge in [-0.2, -0.15) is 0 Å². The number of methoxy groups -OCH3 is 1. The quantitative estimate of drug-likeness (QED) is 0.537. The average molecular weight is 200 g/mol. The Morgan fingerprint density at radius 3 is 2.21 bits per heavy atom. The molecule has 0 saturated carbocycles. The molecule has 0 atom stereocenters. The first-order valence-corrected chi connectivity index (χ1v) is 3.62. The molecule has 0 fully saturated rings. The van der Waals surface area contributed by atoms with E-state index < -0.39 is 23.2 Å². The van der Waals surface area contributed by atoms with Gasteiger partial charge in [-0.25, -0.2) is 13.6 Å². The highest BCUT2D eigenvalue weighted by molar-refractivity contribution is 5.90. The van der Waals surface area contributed by atoms with Crippen LogP contribution in [0, 0.1) is 11.6 Å². The van der Waals surface area contributed by atoms with Crippen molar-refractivity contribution < 1.29 is 23.1 Å². The Hall–Kier alpha value is -1.78. The zero-order chi connectivity index (χ0) is 10.7. The Labute approximate surface area is 78.3 Å². The monoisotopic (exact) mass is 200 g/mol. The first-order chi connectivity index (χ1) is 6.60. The zero-order valence-electron chi connectivity index (χ0n) is 7.21. The third-order valence-electron chi connectivity index (χ3n) is 1.62. The minimum atomic E-state index is -1.08. The molecule has 0 radical (unpaired) electrons. The van der Waals surface area contributed by atoms with Crippen LogP contribution in [0.2, 0.25) is 0 Å². The SMILES string of the molecule is COC(=O)c1cc(F)c(C=O)c(F)c1. The molecule has 14 heavy (non-hydrogen) atoms. The molecule has 0 aliphatic heterocycles. The molecule has 0 N–H and O–H groups in total. The Kier molecular flexibility index (Phi) is 2.91. The largest absolute Gasteiger partial charge is 0.465 e. The number of aldehydes is 1. The number of carbonyl (C=O) groups excluding carboxylic acids is 2. The normalized spacial score (nSPS) is 9.64. The standard InChI is InChI=1S/C9H6F2O3/c1-14-9(13)5-2-7(10)6(4-12)8(11)3-5/h2-4H,1H3. The summed E-state index contributed by atoms with van der Waals surface area (Å²) < 4.78 is 30.1. The number of hydrogen-bond acceptors (Lipinski definition) is 3. The number of esters is 1. The molecule has 74 valence electrons. The summed E-state index contributed by atoms with van der Waals surface area (Å²) in [6.45, 7) is 0. The molecule has 0 spiro atoms. The molecule has 0 amide bonds. The molecule has 0 saturated heterocycles. The fourth-order valence-corrected chi connectivity index (χ4v) is 0.933. The van der Waals surface area contributed by atoms with E-state index in [1.807, 2.05) is 0 Å². The zero-order valence-corrected chi connectivity index (χ0v) is 7.21. The predicted octanol–water partition coefficient (Wildman–Crippen LogP) is 1.56. The Bertz CT molecular complexity index is 365. The summed E-state index contributed by atoms with van der Waals surface area (Å²) in [5, 5.41) is 0. The van der Waals surface area contributed by atoms with E-state index in [2.05, 4.69) is 4.74 Å². The average Bonchev–Trinajstić information content (AvgIpc) is 2.16. The summed E-state index contributed by atoms with van der Waals surface area (Å²) in [5.74, 6) is -3.03. The van der Waals surface area contributed by atoms with Gasteiger partial charge in [0.1, 0.15) is 11.6 Å². The molecule has 1 aromatic rings. The van der Waals surface area contributed by atoms with Crippen molar-refractivity contribution in [3.63, 3.8) is 0 Å². The van der Waals surface area contributed by atoms with Crippen molar-refractivity contribution in [2.75, 3.05) is 7.11 Å². The van der Waals surface area contributed by atoms with Crippen molar-refractivity contribution in [2.45, 2.75) is 0 Å². The van der Waals surface area contributed by atoms with Crippen LogP contribution in [0.1, 0.15) is 20.7 Å². The fraction of sp³-hybridized carbons (Fsp3) is 0.111. The van der Waals surface area contributed by atoms with Gasteiger partial charge in [0.15, 0.2) is 6.29 Å². The summed E-state index contributed by atoms with van der Waals surface area (Å²) >= 11 is 0. The first-order valence-electron chi connectivity index (χ1n) is 3.62. The van der Waals surface area contributed by atoms with Gasteiger partial charge in [-0.15, -0.1) is 0 Å². The van der Waals surface area contributed by atoms with Crippen LogP contribution in [0.25, 0.3) is 0 Å². The molecule has 5 heteroatoms. The van der Waals surface area contributed by atoms with Gasteiger partial charge in [0, 0.05) is 0 Å². The summed E-state index contributed by atoms with van der Waals surface area (Å²) in [6.07, 6.45) is 0.0473. The number of rotatable bonds is 2. The van der Waals surface area contributed by atoms with E-state index in [0.29, 0.717) is 0 Å². The maximum Gasteiger partial charge on any atom is 0.338 e. The Morgan fingerprint density at radius 1 is 1.36 bits per heavy atom. The van der Waals surface area contributed by atoms with Gasteiger partial charge in [0.2, 0.25) is 0 Å². The third-order valence-corrected chi connectivity index (χ3v) is 1.62. The summed E-state index contributed by atoms with van der Waals surface area (Å²) in [4.78, 5) is 21.1. The van der Waals surface area contributed by atoms with Crippen LogP contribution in [-0.2, 0) is 4.74 Å².